The van der Waals surface area contributed by atoms with Gasteiger partial charge in [-0.2, -0.15) is 0 Å². The van der Waals surface area contributed by atoms with Crippen molar-refractivity contribution >= 4 is 18.0 Å². The second kappa shape index (κ2) is 9.85. The summed E-state index contributed by atoms with van der Waals surface area (Å²) in [5.74, 6) is 0.582. The molecular formula is C21H39N5O4. The highest BCUT2D eigenvalue weighted by Crippen LogP contribution is 2.51. The first-order valence-corrected chi connectivity index (χ1v) is 10.8. The SMILES string of the molecule is CCOC(=O)N1CCC(NC(=NCC(=O)N(C)C)NC2CC(C)(OC)C2(C)C)CC1. The molecule has 2 rings (SSSR count). The predicted molar refractivity (Wildman–Crippen MR) is 116 cm³/mol. The molecule has 0 radical (unpaired) electrons. The number of guanidine groups is 1. The quantitative estimate of drug-likeness (QED) is 0.494. The fraction of sp³-hybridized carbons (Fsp3) is 0.857. The number of ether oxygens (including phenoxy) is 2. The lowest BCUT2D eigenvalue weighted by Crippen LogP contribution is -2.70. The maximum atomic E-state index is 12.1. The van der Waals surface area contributed by atoms with Crippen LogP contribution in [0.25, 0.3) is 0 Å². The Kier molecular flexibility index (Phi) is 7.96. The minimum absolute atomic E-state index is 0.0529. The minimum Gasteiger partial charge on any atom is -0.450 e. The summed E-state index contributed by atoms with van der Waals surface area (Å²) in [6.07, 6.45) is 2.20. The number of nitrogens with one attached hydrogen (secondary N) is 2. The van der Waals surface area contributed by atoms with Crippen molar-refractivity contribution in [2.75, 3.05) is 47.4 Å². The lowest BCUT2D eigenvalue weighted by Gasteiger charge is -2.59. The van der Waals surface area contributed by atoms with E-state index in [9.17, 15) is 9.59 Å². The summed E-state index contributed by atoms with van der Waals surface area (Å²) in [5, 5.41) is 6.98. The number of rotatable bonds is 6. The largest absolute Gasteiger partial charge is 0.450 e. The van der Waals surface area contributed by atoms with Gasteiger partial charge < -0.3 is 29.9 Å². The fourth-order valence-electron chi connectivity index (χ4n) is 3.92. The number of piperidine rings is 1. The molecule has 9 nitrogen and oxygen atoms in total. The third kappa shape index (κ3) is 5.36. The molecule has 0 spiro atoms. The Labute approximate surface area is 180 Å². The standard InChI is InChI=1S/C21H39N5O4/c1-8-30-19(28)26-11-9-15(10-12-26)23-18(22-14-17(27)25(5)6)24-16-13-21(4,29-7)20(16,2)3/h15-16H,8-14H2,1-7H3,(H2,22,23,24). The normalized spacial score (nSPS) is 26.6. The van der Waals surface area contributed by atoms with E-state index in [1.807, 2.05) is 6.92 Å². The van der Waals surface area contributed by atoms with Crippen molar-refractivity contribution in [3.8, 4) is 0 Å². The zero-order valence-electron chi connectivity index (χ0n) is 19.6. The Morgan fingerprint density at radius 3 is 2.30 bits per heavy atom. The van der Waals surface area contributed by atoms with Crippen LogP contribution < -0.4 is 10.6 Å². The van der Waals surface area contributed by atoms with Gasteiger partial charge in [-0.05, 0) is 33.1 Å². The zero-order valence-corrected chi connectivity index (χ0v) is 19.6. The molecular weight excluding hydrogens is 386 g/mol. The average Bonchev–Trinajstić information content (AvgIpc) is 2.71. The molecule has 2 unspecified atom stereocenters. The molecule has 2 fully saturated rings. The lowest BCUT2D eigenvalue weighted by atomic mass is 9.56. The molecule has 1 aliphatic heterocycles. The number of hydrogen-bond donors (Lipinski definition) is 2. The molecule has 0 bridgehead atoms. The van der Waals surface area contributed by atoms with Gasteiger partial charge in [-0.25, -0.2) is 9.79 Å². The molecule has 2 amide bonds. The topological polar surface area (TPSA) is 95.5 Å². The molecule has 30 heavy (non-hydrogen) atoms. The molecule has 2 aliphatic rings. The van der Waals surface area contributed by atoms with E-state index < -0.39 is 0 Å². The highest BCUT2D eigenvalue weighted by Gasteiger charge is 2.58. The van der Waals surface area contributed by atoms with Gasteiger partial charge in [0.25, 0.3) is 0 Å². The predicted octanol–water partition coefficient (Wildman–Crippen LogP) is 1.43. The van der Waals surface area contributed by atoms with Gasteiger partial charge in [0.2, 0.25) is 5.91 Å². The fourth-order valence-corrected chi connectivity index (χ4v) is 3.92. The van der Waals surface area contributed by atoms with E-state index >= 15 is 0 Å². The van der Waals surface area contributed by atoms with Gasteiger partial charge in [-0.15, -0.1) is 0 Å². The lowest BCUT2D eigenvalue weighted by molar-refractivity contribution is -0.176. The summed E-state index contributed by atoms with van der Waals surface area (Å²) in [6, 6.07) is 0.358. The summed E-state index contributed by atoms with van der Waals surface area (Å²) in [7, 11) is 5.20. The van der Waals surface area contributed by atoms with Crippen LogP contribution in [0.5, 0.6) is 0 Å². The number of nitrogens with zero attached hydrogens (tertiary/aromatic N) is 3. The summed E-state index contributed by atoms with van der Waals surface area (Å²) in [6.45, 7) is 10.0. The molecule has 2 N–H and O–H groups in total. The molecule has 1 aliphatic carbocycles. The van der Waals surface area contributed by atoms with Crippen molar-refractivity contribution in [1.29, 1.82) is 0 Å². The van der Waals surface area contributed by atoms with Crippen LogP contribution in [-0.4, -0.2) is 92.9 Å². The highest BCUT2D eigenvalue weighted by atomic mass is 16.6. The van der Waals surface area contributed by atoms with Crippen LogP contribution in [0.2, 0.25) is 0 Å². The second-order valence-electron chi connectivity index (χ2n) is 9.12. The van der Waals surface area contributed by atoms with Crippen molar-refractivity contribution in [2.24, 2.45) is 10.4 Å². The van der Waals surface area contributed by atoms with Crippen molar-refractivity contribution in [2.45, 2.75) is 64.6 Å². The highest BCUT2D eigenvalue weighted by molar-refractivity contribution is 5.85. The Hall–Kier alpha value is -2.03. The number of likely N-dealkylation sites (tertiary alicyclic amines) is 1. The van der Waals surface area contributed by atoms with Gasteiger partial charge in [0.05, 0.1) is 12.2 Å². The van der Waals surface area contributed by atoms with Crippen LogP contribution in [-0.2, 0) is 14.3 Å². The Balaban J connectivity index is 2.00. The molecule has 1 heterocycles. The molecule has 9 heteroatoms. The van der Waals surface area contributed by atoms with Crippen LogP contribution in [0.3, 0.4) is 0 Å². The van der Waals surface area contributed by atoms with Crippen LogP contribution in [0, 0.1) is 5.41 Å². The van der Waals surface area contributed by atoms with Crippen molar-refractivity contribution < 1.29 is 19.1 Å². The first-order valence-electron chi connectivity index (χ1n) is 10.8. The molecule has 0 aromatic carbocycles. The monoisotopic (exact) mass is 425 g/mol. The van der Waals surface area contributed by atoms with E-state index in [2.05, 4.69) is 36.4 Å². The van der Waals surface area contributed by atoms with Gasteiger partial charge in [-0.1, -0.05) is 13.8 Å². The van der Waals surface area contributed by atoms with Crippen LogP contribution >= 0.6 is 0 Å². The molecule has 2 atom stereocenters. The van der Waals surface area contributed by atoms with Crippen molar-refractivity contribution in [3.63, 3.8) is 0 Å². The third-order valence-electron chi connectivity index (χ3n) is 6.82. The number of aliphatic imine (C=N–C) groups is 1. The number of methoxy groups -OCH3 is 1. The number of amides is 2. The van der Waals surface area contributed by atoms with E-state index in [0.717, 1.165) is 19.3 Å². The third-order valence-corrected chi connectivity index (χ3v) is 6.82. The molecule has 1 saturated heterocycles. The number of carbonyl (C=O) groups excluding carboxylic acids is 2. The van der Waals surface area contributed by atoms with E-state index in [-0.39, 0.29) is 41.6 Å². The molecule has 0 aromatic heterocycles. The Morgan fingerprint density at radius 1 is 1.17 bits per heavy atom. The van der Waals surface area contributed by atoms with E-state index in [0.29, 0.717) is 25.7 Å². The summed E-state index contributed by atoms with van der Waals surface area (Å²) < 4.78 is 10.8. The van der Waals surface area contributed by atoms with Crippen molar-refractivity contribution in [1.82, 2.24) is 20.4 Å². The zero-order chi connectivity index (χ0) is 22.5. The Bertz CT molecular complexity index is 643. The number of carbonyl (C=O) groups is 2. The van der Waals surface area contributed by atoms with E-state index in [4.69, 9.17) is 9.47 Å². The maximum absolute atomic E-state index is 12.1. The molecule has 0 aromatic rings. The van der Waals surface area contributed by atoms with E-state index in [1.165, 1.54) is 4.90 Å². The summed E-state index contributed by atoms with van der Waals surface area (Å²) in [4.78, 5) is 31.8. The van der Waals surface area contributed by atoms with Gasteiger partial charge in [-0.3, -0.25) is 4.79 Å². The van der Waals surface area contributed by atoms with Crippen LogP contribution in [0.15, 0.2) is 4.99 Å². The first kappa shape index (κ1) is 24.2. The number of likely N-dealkylation sites (N-methyl/N-ethyl adjacent to an activating group) is 1. The van der Waals surface area contributed by atoms with Gasteiger partial charge in [0.1, 0.15) is 6.54 Å². The van der Waals surface area contributed by atoms with Crippen LogP contribution in [0.4, 0.5) is 4.79 Å². The number of hydrogen-bond acceptors (Lipinski definition) is 5. The smallest absolute Gasteiger partial charge is 0.409 e. The van der Waals surface area contributed by atoms with E-state index in [1.54, 1.807) is 26.1 Å². The van der Waals surface area contributed by atoms with Gasteiger partial charge >= 0.3 is 6.09 Å². The maximum Gasteiger partial charge on any atom is 0.409 e. The summed E-state index contributed by atoms with van der Waals surface area (Å²) >= 11 is 0. The summed E-state index contributed by atoms with van der Waals surface area (Å²) in [5.41, 5.74) is -0.275. The first-order chi connectivity index (χ1) is 14.0. The van der Waals surface area contributed by atoms with Crippen molar-refractivity contribution in [3.05, 3.63) is 0 Å². The minimum atomic E-state index is -0.255. The van der Waals surface area contributed by atoms with Gasteiger partial charge in [0, 0.05) is 51.8 Å². The second-order valence-corrected chi connectivity index (χ2v) is 9.12. The molecule has 1 saturated carbocycles. The van der Waals surface area contributed by atoms with Crippen LogP contribution in [0.1, 0.15) is 47.0 Å². The molecule has 172 valence electrons. The Morgan fingerprint density at radius 2 is 1.80 bits per heavy atom. The van der Waals surface area contributed by atoms with Gasteiger partial charge in [0.15, 0.2) is 5.96 Å². The average molecular weight is 426 g/mol.